The number of aliphatic imine (C=N–C) groups is 1. The van der Waals surface area contributed by atoms with Crippen LogP contribution in [0.15, 0.2) is 4.99 Å². The zero-order chi connectivity index (χ0) is 15.1. The molecule has 0 spiro atoms. The maximum atomic E-state index is 6.08. The average molecular weight is 422 g/mol. The minimum absolute atomic E-state index is 0. The number of likely N-dealkylation sites (tertiary alicyclic amines) is 1. The van der Waals surface area contributed by atoms with E-state index in [1.54, 1.807) is 0 Å². The minimum atomic E-state index is 0. The minimum Gasteiger partial charge on any atom is -0.370 e. The molecule has 0 amide bonds. The van der Waals surface area contributed by atoms with E-state index in [1.807, 2.05) is 0 Å². The van der Waals surface area contributed by atoms with Gasteiger partial charge in [-0.05, 0) is 51.6 Å². The van der Waals surface area contributed by atoms with Crippen LogP contribution in [0.4, 0.5) is 0 Å². The van der Waals surface area contributed by atoms with Gasteiger partial charge in [-0.15, -0.1) is 24.0 Å². The Hall–Kier alpha value is -0.0400. The molecule has 1 saturated heterocycles. The van der Waals surface area contributed by atoms with Crippen molar-refractivity contribution in [3.63, 3.8) is 0 Å². The van der Waals surface area contributed by atoms with Gasteiger partial charge in [0.1, 0.15) is 0 Å². The molecule has 0 radical (unpaired) electrons. The van der Waals surface area contributed by atoms with Crippen LogP contribution in [0.5, 0.6) is 0 Å². The lowest BCUT2D eigenvalue weighted by atomic mass is 9.98. The summed E-state index contributed by atoms with van der Waals surface area (Å²) in [6.07, 6.45) is 10.5. The highest BCUT2D eigenvalue weighted by atomic mass is 127. The number of guanidine groups is 1. The third kappa shape index (κ3) is 7.02. The molecule has 0 aromatic rings. The zero-order valence-corrected chi connectivity index (χ0v) is 16.7. The van der Waals surface area contributed by atoms with Gasteiger partial charge in [0.25, 0.3) is 0 Å². The molecule has 2 fully saturated rings. The maximum absolute atomic E-state index is 6.08. The lowest BCUT2D eigenvalue weighted by Crippen LogP contribution is -2.43. The van der Waals surface area contributed by atoms with Crippen LogP contribution < -0.4 is 11.1 Å². The second kappa shape index (κ2) is 10.7. The first-order chi connectivity index (χ1) is 10.1. The Kier molecular flexibility index (Phi) is 9.71. The topological polar surface area (TPSA) is 53.6 Å². The van der Waals surface area contributed by atoms with Crippen LogP contribution in [-0.4, -0.2) is 42.6 Å². The molecular weight excluding hydrogens is 387 g/mol. The van der Waals surface area contributed by atoms with E-state index in [0.29, 0.717) is 18.0 Å². The van der Waals surface area contributed by atoms with E-state index in [-0.39, 0.29) is 24.0 Å². The van der Waals surface area contributed by atoms with Crippen molar-refractivity contribution in [2.45, 2.75) is 77.3 Å². The fourth-order valence-corrected chi connectivity index (χ4v) is 3.49. The first-order valence-electron chi connectivity index (χ1n) is 8.95. The molecule has 1 aliphatic carbocycles. The number of hydrogen-bond acceptors (Lipinski definition) is 2. The number of rotatable bonds is 4. The number of nitrogens with two attached hydrogens (primary N) is 1. The van der Waals surface area contributed by atoms with Gasteiger partial charge in [0.15, 0.2) is 5.96 Å². The summed E-state index contributed by atoms with van der Waals surface area (Å²) in [5.74, 6) is 1.54. The van der Waals surface area contributed by atoms with Crippen LogP contribution in [-0.2, 0) is 0 Å². The molecule has 130 valence electrons. The second-order valence-corrected chi connectivity index (χ2v) is 7.13. The molecule has 1 heterocycles. The predicted octanol–water partition coefficient (Wildman–Crippen LogP) is 3.35. The molecule has 0 aromatic heterocycles. The molecule has 0 bridgehead atoms. The summed E-state index contributed by atoms with van der Waals surface area (Å²) >= 11 is 0. The number of nitrogens with zero attached hydrogens (tertiary/aromatic N) is 2. The molecule has 4 nitrogen and oxygen atoms in total. The second-order valence-electron chi connectivity index (χ2n) is 7.13. The SMILES string of the molecule is CC1CCN(C(C)CN=C(N)NC2CCCCCC2)CC1.I. The van der Waals surface area contributed by atoms with Gasteiger partial charge in [-0.2, -0.15) is 0 Å². The summed E-state index contributed by atoms with van der Waals surface area (Å²) in [4.78, 5) is 7.14. The standard InChI is InChI=1S/C17H34N4.HI/c1-14-9-11-21(12-10-14)15(2)13-19-17(18)20-16-7-5-3-4-6-8-16;/h14-16H,3-13H2,1-2H3,(H3,18,19,20);1H. The number of hydrogen-bond donors (Lipinski definition) is 2. The third-order valence-electron chi connectivity index (χ3n) is 5.17. The number of halogens is 1. The van der Waals surface area contributed by atoms with Gasteiger partial charge in [0.2, 0.25) is 0 Å². The van der Waals surface area contributed by atoms with E-state index >= 15 is 0 Å². The molecule has 1 saturated carbocycles. The van der Waals surface area contributed by atoms with Crippen molar-refractivity contribution in [3.8, 4) is 0 Å². The van der Waals surface area contributed by atoms with Gasteiger partial charge in [0.05, 0.1) is 6.54 Å². The van der Waals surface area contributed by atoms with E-state index in [0.717, 1.165) is 12.5 Å². The van der Waals surface area contributed by atoms with Gasteiger partial charge in [0, 0.05) is 12.1 Å². The lowest BCUT2D eigenvalue weighted by Gasteiger charge is -2.34. The van der Waals surface area contributed by atoms with Crippen LogP contribution >= 0.6 is 24.0 Å². The van der Waals surface area contributed by atoms with Gasteiger partial charge in [-0.3, -0.25) is 9.89 Å². The van der Waals surface area contributed by atoms with Crippen LogP contribution in [0.3, 0.4) is 0 Å². The summed E-state index contributed by atoms with van der Waals surface area (Å²) in [5, 5.41) is 3.43. The Morgan fingerprint density at radius 2 is 1.73 bits per heavy atom. The first-order valence-corrected chi connectivity index (χ1v) is 8.95. The van der Waals surface area contributed by atoms with E-state index in [4.69, 9.17) is 5.73 Å². The normalized spacial score (nSPS) is 24.4. The first kappa shape index (κ1) is 20.0. The molecule has 2 aliphatic rings. The Balaban J connectivity index is 0.00000242. The molecule has 1 aliphatic heterocycles. The van der Waals surface area contributed by atoms with Gasteiger partial charge < -0.3 is 11.1 Å². The molecule has 2 rings (SSSR count). The monoisotopic (exact) mass is 422 g/mol. The third-order valence-corrected chi connectivity index (χ3v) is 5.17. The van der Waals surface area contributed by atoms with Crippen molar-refractivity contribution in [2.75, 3.05) is 19.6 Å². The fourth-order valence-electron chi connectivity index (χ4n) is 3.49. The van der Waals surface area contributed by atoms with Crippen LogP contribution in [0, 0.1) is 5.92 Å². The summed E-state index contributed by atoms with van der Waals surface area (Å²) < 4.78 is 0. The Morgan fingerprint density at radius 1 is 1.14 bits per heavy atom. The molecule has 1 unspecified atom stereocenters. The van der Waals surface area contributed by atoms with Crippen LogP contribution in [0.2, 0.25) is 0 Å². The van der Waals surface area contributed by atoms with E-state index < -0.39 is 0 Å². The van der Waals surface area contributed by atoms with E-state index in [1.165, 1.54) is 64.5 Å². The Bertz CT molecular complexity index is 319. The molecule has 22 heavy (non-hydrogen) atoms. The average Bonchev–Trinajstić information content (AvgIpc) is 2.74. The maximum Gasteiger partial charge on any atom is 0.188 e. The smallest absolute Gasteiger partial charge is 0.188 e. The molecule has 5 heteroatoms. The summed E-state index contributed by atoms with van der Waals surface area (Å²) in [7, 11) is 0. The van der Waals surface area contributed by atoms with Gasteiger partial charge in [-0.1, -0.05) is 32.6 Å². The quantitative estimate of drug-likeness (QED) is 0.316. The van der Waals surface area contributed by atoms with E-state index in [9.17, 15) is 0 Å². The van der Waals surface area contributed by atoms with Crippen molar-refractivity contribution in [1.29, 1.82) is 0 Å². The van der Waals surface area contributed by atoms with Crippen molar-refractivity contribution in [1.82, 2.24) is 10.2 Å². The van der Waals surface area contributed by atoms with Crippen molar-refractivity contribution < 1.29 is 0 Å². The van der Waals surface area contributed by atoms with E-state index in [2.05, 4.69) is 29.1 Å². The van der Waals surface area contributed by atoms with Crippen molar-refractivity contribution in [2.24, 2.45) is 16.6 Å². The molecule has 0 aromatic carbocycles. The number of nitrogens with one attached hydrogen (secondary N) is 1. The highest BCUT2D eigenvalue weighted by Crippen LogP contribution is 2.18. The lowest BCUT2D eigenvalue weighted by molar-refractivity contribution is 0.150. The van der Waals surface area contributed by atoms with Crippen LogP contribution in [0.1, 0.15) is 65.2 Å². The summed E-state index contributed by atoms with van der Waals surface area (Å²) in [6.45, 7) is 7.88. The highest BCUT2D eigenvalue weighted by Gasteiger charge is 2.20. The molecule has 3 N–H and O–H groups in total. The highest BCUT2D eigenvalue weighted by molar-refractivity contribution is 14.0. The largest absolute Gasteiger partial charge is 0.370 e. The molecule has 1 atom stereocenters. The summed E-state index contributed by atoms with van der Waals surface area (Å²) in [6, 6.07) is 1.05. The van der Waals surface area contributed by atoms with Crippen molar-refractivity contribution >= 4 is 29.9 Å². The van der Waals surface area contributed by atoms with Gasteiger partial charge >= 0.3 is 0 Å². The fraction of sp³-hybridized carbons (Fsp3) is 0.941. The Morgan fingerprint density at radius 3 is 2.32 bits per heavy atom. The van der Waals surface area contributed by atoms with Crippen LogP contribution in [0.25, 0.3) is 0 Å². The predicted molar refractivity (Wildman–Crippen MR) is 106 cm³/mol. The number of piperidine rings is 1. The molecular formula is C17H35IN4. The van der Waals surface area contributed by atoms with Crippen molar-refractivity contribution in [3.05, 3.63) is 0 Å². The summed E-state index contributed by atoms with van der Waals surface area (Å²) in [5.41, 5.74) is 6.08. The van der Waals surface area contributed by atoms with Gasteiger partial charge in [-0.25, -0.2) is 0 Å². The Labute approximate surface area is 153 Å². The zero-order valence-electron chi connectivity index (χ0n) is 14.4.